The van der Waals surface area contributed by atoms with Gasteiger partial charge in [0.2, 0.25) is 5.91 Å². The zero-order chi connectivity index (χ0) is 21.7. The summed E-state index contributed by atoms with van der Waals surface area (Å²) in [4.78, 5) is 23.0. The molecule has 0 bridgehead atoms. The number of piperazine rings is 1. The predicted octanol–water partition coefficient (Wildman–Crippen LogP) is 2.05. The lowest BCUT2D eigenvalue weighted by Gasteiger charge is -2.35. The van der Waals surface area contributed by atoms with E-state index in [2.05, 4.69) is 10.4 Å². The number of aryl methyl sites for hydroxylation is 1. The van der Waals surface area contributed by atoms with Gasteiger partial charge < -0.3 is 20.0 Å². The van der Waals surface area contributed by atoms with Gasteiger partial charge in [-0.15, -0.1) is 24.0 Å². The van der Waals surface area contributed by atoms with Crippen LogP contribution in [0.3, 0.4) is 0 Å². The van der Waals surface area contributed by atoms with E-state index >= 15 is 0 Å². The number of aliphatic imine (C=N–C) groups is 1. The number of anilines is 1. The van der Waals surface area contributed by atoms with Crippen LogP contribution < -0.4 is 10.2 Å². The maximum atomic E-state index is 14.0. The third kappa shape index (κ3) is 6.63. The first-order chi connectivity index (χ1) is 14.4. The molecule has 1 fully saturated rings. The lowest BCUT2D eigenvalue weighted by molar-refractivity contribution is -0.120. The van der Waals surface area contributed by atoms with Crippen LogP contribution in [-0.2, 0) is 24.9 Å². The molecule has 0 unspecified atom stereocenters. The van der Waals surface area contributed by atoms with Crippen molar-refractivity contribution < 1.29 is 9.18 Å². The molecule has 0 atom stereocenters. The molecule has 3 rings (SSSR count). The molecule has 1 N–H and O–H groups in total. The van der Waals surface area contributed by atoms with Crippen molar-refractivity contribution in [1.82, 2.24) is 24.9 Å². The van der Waals surface area contributed by atoms with Crippen LogP contribution in [-0.4, -0.2) is 71.7 Å². The van der Waals surface area contributed by atoms with Gasteiger partial charge in [0.15, 0.2) is 5.96 Å². The Kier molecular flexibility index (Phi) is 9.23. The number of aromatic nitrogens is 2. The Labute approximate surface area is 200 Å². The second kappa shape index (κ2) is 11.4. The van der Waals surface area contributed by atoms with Gasteiger partial charge in [-0.1, -0.05) is 6.07 Å². The minimum atomic E-state index is -0.208. The zero-order valence-electron chi connectivity index (χ0n) is 18.5. The molecule has 2 aromatic rings. The van der Waals surface area contributed by atoms with Gasteiger partial charge in [-0.3, -0.25) is 9.48 Å². The van der Waals surface area contributed by atoms with E-state index in [0.717, 1.165) is 11.3 Å². The molecule has 8 nitrogen and oxygen atoms in total. The SMILES string of the molecule is CCNC(=NCc1ccc(F)c(CN(C)C)c1)N1CCN(c2cnn(C)c2)C(=O)C1.I. The Bertz CT molecular complexity index is 915. The van der Waals surface area contributed by atoms with E-state index < -0.39 is 0 Å². The van der Waals surface area contributed by atoms with Crippen molar-refractivity contribution in [3.63, 3.8) is 0 Å². The largest absolute Gasteiger partial charge is 0.356 e. The van der Waals surface area contributed by atoms with Crippen LogP contribution >= 0.6 is 24.0 Å². The molecule has 1 saturated heterocycles. The maximum absolute atomic E-state index is 14.0. The first kappa shape index (κ1) is 25.1. The van der Waals surface area contributed by atoms with Gasteiger partial charge in [-0.25, -0.2) is 9.38 Å². The van der Waals surface area contributed by atoms with Crippen LogP contribution in [0, 0.1) is 5.82 Å². The van der Waals surface area contributed by atoms with Crippen LogP contribution in [0.15, 0.2) is 35.6 Å². The van der Waals surface area contributed by atoms with Crippen LogP contribution in [0.1, 0.15) is 18.1 Å². The van der Waals surface area contributed by atoms with Crippen molar-refractivity contribution in [1.29, 1.82) is 0 Å². The molecule has 2 heterocycles. The lowest BCUT2D eigenvalue weighted by atomic mass is 10.1. The number of nitrogens with one attached hydrogen (secondary N) is 1. The van der Waals surface area contributed by atoms with Crippen molar-refractivity contribution in [3.05, 3.63) is 47.5 Å². The van der Waals surface area contributed by atoms with Crippen molar-refractivity contribution in [2.75, 3.05) is 45.2 Å². The average molecular weight is 543 g/mol. The molecule has 10 heteroatoms. The van der Waals surface area contributed by atoms with E-state index in [1.807, 2.05) is 50.1 Å². The number of carbonyl (C=O) groups excluding carboxylic acids is 1. The monoisotopic (exact) mass is 543 g/mol. The number of benzene rings is 1. The molecule has 1 aromatic carbocycles. The van der Waals surface area contributed by atoms with Crippen molar-refractivity contribution in [2.45, 2.75) is 20.0 Å². The maximum Gasteiger partial charge on any atom is 0.246 e. The Morgan fingerprint density at radius 1 is 1.32 bits per heavy atom. The molecule has 0 saturated carbocycles. The summed E-state index contributed by atoms with van der Waals surface area (Å²) in [5, 5.41) is 7.41. The Morgan fingerprint density at radius 2 is 2.10 bits per heavy atom. The third-order valence-electron chi connectivity index (χ3n) is 4.87. The van der Waals surface area contributed by atoms with Gasteiger partial charge >= 0.3 is 0 Å². The summed E-state index contributed by atoms with van der Waals surface area (Å²) in [6.07, 6.45) is 3.54. The topological polar surface area (TPSA) is 69.0 Å². The normalized spacial score (nSPS) is 14.8. The highest BCUT2D eigenvalue weighted by Gasteiger charge is 2.27. The second-order valence-electron chi connectivity index (χ2n) is 7.67. The number of guanidine groups is 1. The number of hydrogen-bond donors (Lipinski definition) is 1. The molecule has 0 radical (unpaired) electrons. The molecule has 0 aliphatic carbocycles. The fraction of sp³-hybridized carbons (Fsp3) is 0.476. The molecular formula is C21H31FIN7O. The number of carbonyl (C=O) groups is 1. The number of hydrogen-bond acceptors (Lipinski definition) is 4. The molecular weight excluding hydrogens is 512 g/mol. The molecule has 1 aromatic heterocycles. The minimum Gasteiger partial charge on any atom is -0.356 e. The summed E-state index contributed by atoms with van der Waals surface area (Å²) >= 11 is 0. The molecule has 31 heavy (non-hydrogen) atoms. The smallest absolute Gasteiger partial charge is 0.246 e. The summed E-state index contributed by atoms with van der Waals surface area (Å²) in [6, 6.07) is 5.10. The Hall–Kier alpha value is -2.21. The molecule has 1 aliphatic heterocycles. The average Bonchev–Trinajstić information content (AvgIpc) is 3.13. The standard InChI is InChI=1S/C21H30FN7O.HI/c1-5-23-21(24-11-16-6-7-19(22)17(10-16)13-26(2)3)28-8-9-29(20(30)15-28)18-12-25-27(4)14-18;/h6-7,10,12,14H,5,8-9,11,13,15H2,1-4H3,(H,23,24);1H. The summed E-state index contributed by atoms with van der Waals surface area (Å²) in [5.41, 5.74) is 2.39. The Balaban J connectivity index is 0.00000341. The van der Waals surface area contributed by atoms with Crippen LogP contribution in [0.5, 0.6) is 0 Å². The van der Waals surface area contributed by atoms with Gasteiger partial charge in [-0.05, 0) is 38.7 Å². The number of rotatable bonds is 6. The number of nitrogens with zero attached hydrogens (tertiary/aromatic N) is 6. The van der Waals surface area contributed by atoms with Crippen LogP contribution in [0.4, 0.5) is 10.1 Å². The highest BCUT2D eigenvalue weighted by molar-refractivity contribution is 14.0. The van der Waals surface area contributed by atoms with Gasteiger partial charge in [0.1, 0.15) is 12.4 Å². The quantitative estimate of drug-likeness (QED) is 0.344. The van der Waals surface area contributed by atoms with Gasteiger partial charge in [0.05, 0.1) is 18.4 Å². The van der Waals surface area contributed by atoms with E-state index in [4.69, 9.17) is 4.99 Å². The Morgan fingerprint density at radius 3 is 2.71 bits per heavy atom. The van der Waals surface area contributed by atoms with Crippen LogP contribution in [0.2, 0.25) is 0 Å². The van der Waals surface area contributed by atoms with E-state index in [0.29, 0.717) is 44.2 Å². The fourth-order valence-corrected chi connectivity index (χ4v) is 3.45. The minimum absolute atomic E-state index is 0. The summed E-state index contributed by atoms with van der Waals surface area (Å²) in [6.45, 7) is 5.13. The van der Waals surface area contributed by atoms with Gasteiger partial charge in [-0.2, -0.15) is 5.10 Å². The lowest BCUT2D eigenvalue weighted by Crippen LogP contribution is -2.55. The first-order valence-electron chi connectivity index (χ1n) is 10.1. The number of halogens is 2. The van der Waals surface area contributed by atoms with E-state index in [1.54, 1.807) is 21.8 Å². The third-order valence-corrected chi connectivity index (χ3v) is 4.87. The van der Waals surface area contributed by atoms with Gasteiger partial charge in [0.25, 0.3) is 0 Å². The fourth-order valence-electron chi connectivity index (χ4n) is 3.45. The zero-order valence-corrected chi connectivity index (χ0v) is 20.8. The highest BCUT2D eigenvalue weighted by Crippen LogP contribution is 2.17. The summed E-state index contributed by atoms with van der Waals surface area (Å²) in [7, 11) is 5.66. The first-order valence-corrected chi connectivity index (χ1v) is 10.1. The second-order valence-corrected chi connectivity index (χ2v) is 7.67. The van der Waals surface area contributed by atoms with Crippen molar-refractivity contribution >= 4 is 41.5 Å². The van der Waals surface area contributed by atoms with E-state index in [-0.39, 0.29) is 42.2 Å². The molecule has 0 spiro atoms. The predicted molar refractivity (Wildman–Crippen MR) is 131 cm³/mol. The van der Waals surface area contributed by atoms with Crippen molar-refractivity contribution in [2.24, 2.45) is 12.0 Å². The number of amides is 1. The highest BCUT2D eigenvalue weighted by atomic mass is 127. The summed E-state index contributed by atoms with van der Waals surface area (Å²) in [5.74, 6) is 0.491. The molecule has 1 amide bonds. The molecule has 1 aliphatic rings. The van der Waals surface area contributed by atoms with Crippen LogP contribution in [0.25, 0.3) is 0 Å². The van der Waals surface area contributed by atoms with E-state index in [1.165, 1.54) is 6.07 Å². The van der Waals surface area contributed by atoms with Gasteiger partial charge in [0, 0.05) is 45.0 Å². The van der Waals surface area contributed by atoms with E-state index in [9.17, 15) is 9.18 Å². The molecule has 170 valence electrons. The summed E-state index contributed by atoms with van der Waals surface area (Å²) < 4.78 is 15.7. The van der Waals surface area contributed by atoms with Crippen molar-refractivity contribution in [3.8, 4) is 0 Å².